The van der Waals surface area contributed by atoms with Crippen molar-refractivity contribution >= 4 is 124 Å². The molecule has 1 aliphatic rings. The number of amides is 20. The molecule has 1 heterocycles. The molecular weight excluding hydrogens is 1580 g/mol. The number of aldehydes is 1. The Morgan fingerprint density at radius 2 is 0.686 bits per heavy atom. The Labute approximate surface area is 709 Å². The van der Waals surface area contributed by atoms with Crippen molar-refractivity contribution in [1.82, 2.24) is 95.3 Å². The van der Waals surface area contributed by atoms with Gasteiger partial charge in [0.05, 0.1) is 6.04 Å². The number of carbonyl (C=O) groups is 21. The van der Waals surface area contributed by atoms with Gasteiger partial charge in [-0.3, -0.25) is 95.9 Å². The van der Waals surface area contributed by atoms with E-state index in [1.807, 2.05) is 0 Å². The third-order valence-corrected chi connectivity index (χ3v) is 20.1. The highest BCUT2D eigenvalue weighted by molar-refractivity contribution is 6.04. The quantitative estimate of drug-likeness (QED) is 0.0268. The summed E-state index contributed by atoms with van der Waals surface area (Å²) >= 11 is 0. The fraction of sp³-hybridized carbons (Fsp3) is 0.738. The first-order valence-electron chi connectivity index (χ1n) is 40.6. The summed E-state index contributed by atoms with van der Waals surface area (Å²) in [5.41, 5.74) is -4.95. The van der Waals surface area contributed by atoms with E-state index in [4.69, 9.17) is 11.5 Å². The highest BCUT2D eigenvalue weighted by Crippen LogP contribution is 2.25. The van der Waals surface area contributed by atoms with Crippen molar-refractivity contribution in [3.05, 3.63) is 0 Å². The van der Waals surface area contributed by atoms with Crippen LogP contribution in [0.3, 0.4) is 0 Å². The maximum absolute atomic E-state index is 14.4. The van der Waals surface area contributed by atoms with E-state index < -0.39 is 235 Å². The molecule has 10 unspecified atom stereocenters. The largest absolute Gasteiger partial charge is 0.370 e. The minimum absolute atomic E-state index is 0.0251. The molecule has 0 aromatic heterocycles. The van der Waals surface area contributed by atoms with Crippen LogP contribution in [0.5, 0.6) is 0 Å². The molecule has 21 N–H and O–H groups in total. The average Bonchev–Trinajstić information content (AvgIpc) is 1.53. The van der Waals surface area contributed by atoms with E-state index in [0.717, 1.165) is 0 Å². The molecule has 0 aliphatic carbocycles. The van der Waals surface area contributed by atoms with Gasteiger partial charge in [0.15, 0.2) is 0 Å². The Bertz CT molecular complexity index is 3880. The summed E-state index contributed by atoms with van der Waals surface area (Å²) in [7, 11) is 0. The van der Waals surface area contributed by atoms with Crippen LogP contribution in [0.1, 0.15) is 252 Å². The Kier molecular flexibility index (Phi) is 39.3. The number of carbonyl (C=O) groups excluding carboxylic acids is 21. The third kappa shape index (κ3) is 33.5. The van der Waals surface area contributed by atoms with E-state index in [1.165, 1.54) is 150 Å². The fourth-order valence-corrected chi connectivity index (χ4v) is 11.8. The Morgan fingerprint density at radius 1 is 0.364 bits per heavy atom. The minimum Gasteiger partial charge on any atom is -0.370 e. The molecule has 684 valence electrons. The van der Waals surface area contributed by atoms with Gasteiger partial charge in [-0.25, -0.2) is 0 Å². The number of nitrogens with one attached hydrogen (secondary N) is 17. The molecule has 121 heavy (non-hydrogen) atoms. The molecule has 0 bridgehead atoms. The summed E-state index contributed by atoms with van der Waals surface area (Å²) in [4.78, 5) is 284. The normalized spacial score (nSPS) is 15.9. The number of hydrogen-bond donors (Lipinski definition) is 19. The van der Waals surface area contributed by atoms with E-state index in [9.17, 15) is 101 Å². The van der Waals surface area contributed by atoms with Crippen molar-refractivity contribution < 1.29 is 101 Å². The molecule has 41 nitrogen and oxygen atoms in total. The lowest BCUT2D eigenvalue weighted by Gasteiger charge is -2.36. The van der Waals surface area contributed by atoms with Crippen molar-refractivity contribution in [2.24, 2.45) is 29.2 Å². The minimum atomic E-state index is -1.91. The van der Waals surface area contributed by atoms with Crippen LogP contribution in [-0.2, 0) is 101 Å². The van der Waals surface area contributed by atoms with E-state index in [-0.39, 0.29) is 62.8 Å². The number of nitrogens with two attached hydrogens (primary N) is 2. The maximum atomic E-state index is 14.4. The Morgan fingerprint density at radius 3 is 1.08 bits per heavy atom. The van der Waals surface area contributed by atoms with Crippen LogP contribution in [0.15, 0.2) is 0 Å². The lowest BCUT2D eigenvalue weighted by atomic mass is 9.93. The summed E-state index contributed by atoms with van der Waals surface area (Å²) in [6, 6.07) is -11.5. The van der Waals surface area contributed by atoms with Gasteiger partial charge < -0.3 is 112 Å². The first kappa shape index (κ1) is 108. The maximum Gasteiger partial charge on any atom is 0.248 e. The molecule has 1 saturated heterocycles. The highest BCUT2D eigenvalue weighted by atomic mass is 16.2. The summed E-state index contributed by atoms with van der Waals surface area (Å²) in [5, 5.41) is 43.4. The topological polar surface area (TPSA) is 618 Å². The zero-order chi connectivity index (χ0) is 94.4. The molecule has 1 rings (SSSR count). The van der Waals surface area contributed by atoms with Gasteiger partial charge in [0, 0.05) is 26.3 Å². The molecular formula is C80H138N20O21. The SMILES string of the molecule is CCC(C)(NC(=O)C(C)(C)NC(=O)C(CC(C)C)NC(=O)C1CCCN1C(=O)C(C)(C)NC(=O)C(C)NC(=O)C(C)NC(=O)C(C)(C)NC(=O)C(C)(C)NC(=O)C(C)(C)NC(=O)C(CCC(N)=O)NC(=O)C(C)(C)NC(=O)C(CC(C)C)NC(=O)C(C)(C)NC(=O)C(C)NC(=O)C(C)(C)NC(C)=O)C(=O)NC(CCC(N)=O)C(=O)NC(C=O)C(C)C. The van der Waals surface area contributed by atoms with Gasteiger partial charge in [-0.15, -0.1) is 0 Å². The fourth-order valence-electron chi connectivity index (χ4n) is 11.8. The molecule has 0 aromatic carbocycles. The number of likely N-dealkylation sites (tertiary alicyclic amines) is 1. The molecule has 0 saturated carbocycles. The smallest absolute Gasteiger partial charge is 0.248 e. The molecule has 41 heteroatoms. The molecule has 10 atom stereocenters. The van der Waals surface area contributed by atoms with Crippen LogP contribution in [0.25, 0.3) is 0 Å². The second-order valence-corrected chi connectivity index (χ2v) is 36.8. The van der Waals surface area contributed by atoms with Crippen LogP contribution in [-0.4, -0.2) is 240 Å². The Balaban J connectivity index is 3.17. The molecule has 1 aliphatic heterocycles. The average molecular weight is 1720 g/mol. The number of nitrogens with zero attached hydrogens (tertiary/aromatic N) is 1. The second-order valence-electron chi connectivity index (χ2n) is 36.8. The molecule has 0 spiro atoms. The van der Waals surface area contributed by atoms with Crippen LogP contribution >= 0.6 is 0 Å². The van der Waals surface area contributed by atoms with E-state index in [1.54, 1.807) is 48.5 Å². The van der Waals surface area contributed by atoms with Crippen molar-refractivity contribution in [1.29, 1.82) is 0 Å². The van der Waals surface area contributed by atoms with Gasteiger partial charge in [0.2, 0.25) is 118 Å². The summed E-state index contributed by atoms with van der Waals surface area (Å²) < 4.78 is 0. The summed E-state index contributed by atoms with van der Waals surface area (Å²) in [6.45, 7) is 39.9. The number of primary amides is 2. The predicted molar refractivity (Wildman–Crippen MR) is 444 cm³/mol. The van der Waals surface area contributed by atoms with Crippen LogP contribution < -0.4 is 102 Å². The van der Waals surface area contributed by atoms with Crippen molar-refractivity contribution in [3.8, 4) is 0 Å². The molecule has 0 radical (unpaired) electrons. The van der Waals surface area contributed by atoms with Crippen molar-refractivity contribution in [2.45, 2.75) is 356 Å². The van der Waals surface area contributed by atoms with E-state index in [2.05, 4.69) is 90.4 Å². The van der Waals surface area contributed by atoms with Gasteiger partial charge >= 0.3 is 0 Å². The predicted octanol–water partition coefficient (Wildman–Crippen LogP) is -3.14. The lowest BCUT2D eigenvalue weighted by Crippen LogP contribution is -2.67. The van der Waals surface area contributed by atoms with Crippen molar-refractivity contribution in [3.63, 3.8) is 0 Å². The van der Waals surface area contributed by atoms with Crippen molar-refractivity contribution in [2.75, 3.05) is 6.54 Å². The zero-order valence-corrected chi connectivity index (χ0v) is 75.8. The Hall–Kier alpha value is -10.9. The number of rotatable bonds is 47. The van der Waals surface area contributed by atoms with Crippen LogP contribution in [0.2, 0.25) is 0 Å². The standard InChI is InChI=1S/C80H138N20O21/c1-29-80(28,70(120)89-47(32-34-53(81)103)58(108)87-51(39-101)42(6)7)99-69(119)77(22,23)96-60(110)49(37-40(2)3)86-62(112)52-31-30-36-100(52)71(121)79(26,27)93-56(106)44(9)83-55(105)43(8)84-64(114)75(18,19)97-68(118)78(24,25)98-67(117)76(20,21)94-59(109)48(33-35-54(82)104)88-65(115)74(16,17)95-61(111)50(38-41(4)5)90-66(116)73(14,15)92-57(107)45(10)85-63(113)72(12,13)91-46(11)102/h39-45,47-52H,29-38H2,1-28H3,(H2,81,103)(H2,82,104)(H,83,105)(H,84,114)(H,85,113)(H,86,112)(H,87,108)(H,88,115)(H,89,120)(H,90,116)(H,91,102)(H,92,107)(H,93,106)(H,94,109)(H,95,111)(H,96,110)(H,97,118)(H,98,117)(H,99,119). The van der Waals surface area contributed by atoms with Gasteiger partial charge in [0.25, 0.3) is 0 Å². The van der Waals surface area contributed by atoms with E-state index >= 15 is 0 Å². The van der Waals surface area contributed by atoms with Gasteiger partial charge in [-0.2, -0.15) is 0 Å². The van der Waals surface area contributed by atoms with Gasteiger partial charge in [-0.05, 0) is 201 Å². The molecule has 1 fully saturated rings. The first-order valence-corrected chi connectivity index (χ1v) is 40.6. The molecule has 20 amide bonds. The summed E-state index contributed by atoms with van der Waals surface area (Å²) in [6.07, 6.45) is -0.336. The summed E-state index contributed by atoms with van der Waals surface area (Å²) in [5.74, 6) is -17.3. The number of hydrogen-bond acceptors (Lipinski definition) is 21. The molecule has 0 aromatic rings. The zero-order valence-electron chi connectivity index (χ0n) is 75.8. The van der Waals surface area contributed by atoms with Gasteiger partial charge in [-0.1, -0.05) is 48.5 Å². The third-order valence-electron chi connectivity index (χ3n) is 20.1. The second kappa shape index (κ2) is 44.0. The monoisotopic (exact) mass is 1720 g/mol. The highest BCUT2D eigenvalue weighted by Gasteiger charge is 2.48. The first-order chi connectivity index (χ1) is 54.9. The van der Waals surface area contributed by atoms with Crippen LogP contribution in [0, 0.1) is 17.8 Å². The van der Waals surface area contributed by atoms with Gasteiger partial charge in [0.1, 0.15) is 104 Å². The van der Waals surface area contributed by atoms with Crippen LogP contribution in [0.4, 0.5) is 0 Å². The van der Waals surface area contributed by atoms with E-state index in [0.29, 0.717) is 12.7 Å². The lowest BCUT2D eigenvalue weighted by molar-refractivity contribution is -0.145.